The van der Waals surface area contributed by atoms with Gasteiger partial charge in [0.05, 0.1) is 0 Å². The van der Waals surface area contributed by atoms with Gasteiger partial charge in [0, 0.05) is 26.4 Å². The molecule has 0 spiro atoms. The maximum absolute atomic E-state index is 3.52. The average Bonchev–Trinajstić information content (AvgIpc) is 2.92. The van der Waals surface area contributed by atoms with Gasteiger partial charge >= 0.3 is 0 Å². The van der Waals surface area contributed by atoms with Crippen LogP contribution in [0.1, 0.15) is 30.0 Å². The van der Waals surface area contributed by atoms with Crippen LogP contribution in [0.4, 0.5) is 0 Å². The molecule has 1 fully saturated rings. The Labute approximate surface area is 141 Å². The van der Waals surface area contributed by atoms with Gasteiger partial charge in [0.25, 0.3) is 0 Å². The Morgan fingerprint density at radius 2 is 1.70 bits per heavy atom. The first-order valence-corrected chi connectivity index (χ1v) is 9.19. The topological polar surface area (TPSA) is 27.8 Å². The molecule has 0 aliphatic carbocycles. The molecule has 1 aliphatic rings. The average molecular weight is 322 g/mol. The molecule has 118 valence electrons. The highest BCUT2D eigenvalue weighted by Crippen LogP contribution is 2.41. The van der Waals surface area contributed by atoms with Crippen LogP contribution in [0.25, 0.3) is 10.9 Å². The number of nitrogens with one attached hydrogen (secondary N) is 2. The van der Waals surface area contributed by atoms with E-state index >= 15 is 0 Å². The second kappa shape index (κ2) is 6.42. The number of rotatable bonds is 3. The maximum atomic E-state index is 3.52. The normalized spacial score (nSPS) is 16.0. The maximum Gasteiger partial charge on any atom is 0.0467 e. The van der Waals surface area contributed by atoms with E-state index in [1.54, 1.807) is 0 Å². The molecule has 3 aromatic rings. The molecule has 0 amide bonds. The first-order chi connectivity index (χ1) is 11.3. The first-order valence-electron chi connectivity index (χ1n) is 8.38. The zero-order valence-electron chi connectivity index (χ0n) is 13.4. The molecule has 3 heteroatoms. The predicted molar refractivity (Wildman–Crippen MR) is 98.4 cm³/mol. The van der Waals surface area contributed by atoms with Gasteiger partial charge in [-0.05, 0) is 56.5 Å². The van der Waals surface area contributed by atoms with Crippen LogP contribution in [0, 0.1) is 6.92 Å². The summed E-state index contributed by atoms with van der Waals surface area (Å²) in [5.41, 5.74) is 4.01. The molecule has 0 atom stereocenters. The van der Waals surface area contributed by atoms with Gasteiger partial charge < -0.3 is 10.3 Å². The van der Waals surface area contributed by atoms with Crippen LogP contribution in [-0.4, -0.2) is 18.1 Å². The van der Waals surface area contributed by atoms with Crippen LogP contribution in [0.2, 0.25) is 0 Å². The summed E-state index contributed by atoms with van der Waals surface area (Å²) in [6.07, 6.45) is 2.48. The summed E-state index contributed by atoms with van der Waals surface area (Å²) in [6.45, 7) is 4.45. The second-order valence-corrected chi connectivity index (χ2v) is 7.34. The Bertz CT molecular complexity index is 815. The van der Waals surface area contributed by atoms with E-state index in [9.17, 15) is 0 Å². The van der Waals surface area contributed by atoms with Gasteiger partial charge in [-0.15, -0.1) is 0 Å². The van der Waals surface area contributed by atoms with E-state index in [0.29, 0.717) is 5.92 Å². The number of hydrogen-bond acceptors (Lipinski definition) is 2. The van der Waals surface area contributed by atoms with Crippen molar-refractivity contribution in [1.82, 2.24) is 10.3 Å². The number of aromatic nitrogens is 1. The highest BCUT2D eigenvalue weighted by atomic mass is 32.2. The smallest absolute Gasteiger partial charge is 0.0467 e. The van der Waals surface area contributed by atoms with Gasteiger partial charge in [-0.1, -0.05) is 48.2 Å². The standard InChI is InChI=1S/C20H22N2S/c1-14-20(17-7-2-4-8-18(17)22-14)23-19-9-5-3-6-16(19)15-10-12-21-13-11-15/h2-9,15,21-22H,10-13H2,1H3. The number of fused-ring (bicyclic) bond motifs is 1. The lowest BCUT2D eigenvalue weighted by Crippen LogP contribution is -2.26. The monoisotopic (exact) mass is 322 g/mol. The second-order valence-electron chi connectivity index (χ2n) is 6.29. The quantitative estimate of drug-likeness (QED) is 0.702. The molecule has 1 aliphatic heterocycles. The third-order valence-electron chi connectivity index (χ3n) is 4.74. The van der Waals surface area contributed by atoms with Gasteiger partial charge in [0.15, 0.2) is 0 Å². The minimum Gasteiger partial charge on any atom is -0.358 e. The fraction of sp³-hybridized carbons (Fsp3) is 0.300. The molecule has 2 aromatic carbocycles. The number of benzene rings is 2. The van der Waals surface area contributed by atoms with E-state index in [4.69, 9.17) is 0 Å². The Kier molecular flexibility index (Phi) is 4.15. The fourth-order valence-electron chi connectivity index (χ4n) is 3.54. The van der Waals surface area contributed by atoms with Crippen LogP contribution < -0.4 is 5.32 Å². The van der Waals surface area contributed by atoms with E-state index in [1.807, 2.05) is 11.8 Å². The largest absolute Gasteiger partial charge is 0.358 e. The summed E-state index contributed by atoms with van der Waals surface area (Å²) >= 11 is 1.92. The summed E-state index contributed by atoms with van der Waals surface area (Å²) in [6, 6.07) is 17.5. The molecular weight excluding hydrogens is 300 g/mol. The molecule has 0 radical (unpaired) electrons. The van der Waals surface area contributed by atoms with Crippen molar-refractivity contribution in [3.05, 3.63) is 59.8 Å². The zero-order chi connectivity index (χ0) is 15.6. The number of H-pyrrole nitrogens is 1. The Hall–Kier alpha value is -1.71. The molecule has 2 nitrogen and oxygen atoms in total. The minimum atomic E-state index is 0.686. The molecule has 4 rings (SSSR count). The van der Waals surface area contributed by atoms with Crippen molar-refractivity contribution in [1.29, 1.82) is 0 Å². The van der Waals surface area contributed by atoms with Crippen LogP contribution >= 0.6 is 11.8 Å². The summed E-state index contributed by atoms with van der Waals surface area (Å²) < 4.78 is 0. The number of para-hydroxylation sites is 1. The fourth-order valence-corrected chi connectivity index (χ4v) is 4.75. The van der Waals surface area contributed by atoms with Crippen molar-refractivity contribution < 1.29 is 0 Å². The molecule has 1 saturated heterocycles. The van der Waals surface area contributed by atoms with Crippen LogP contribution in [0.3, 0.4) is 0 Å². The molecule has 0 saturated carbocycles. The third-order valence-corrected chi connectivity index (χ3v) is 6.07. The van der Waals surface area contributed by atoms with Crippen LogP contribution in [0.5, 0.6) is 0 Å². The van der Waals surface area contributed by atoms with Crippen molar-refractivity contribution in [2.45, 2.75) is 35.5 Å². The van der Waals surface area contributed by atoms with Crippen molar-refractivity contribution in [3.8, 4) is 0 Å². The number of hydrogen-bond donors (Lipinski definition) is 2. The number of aromatic amines is 1. The molecule has 2 heterocycles. The highest BCUT2D eigenvalue weighted by molar-refractivity contribution is 7.99. The Morgan fingerprint density at radius 1 is 0.957 bits per heavy atom. The van der Waals surface area contributed by atoms with E-state index in [-0.39, 0.29) is 0 Å². The number of aryl methyl sites for hydroxylation is 1. The van der Waals surface area contributed by atoms with Gasteiger partial charge in [0.2, 0.25) is 0 Å². The highest BCUT2D eigenvalue weighted by Gasteiger charge is 2.19. The molecule has 2 N–H and O–H groups in total. The predicted octanol–water partition coefficient (Wildman–Crippen LogP) is 5.09. The number of piperidine rings is 1. The lowest BCUT2D eigenvalue weighted by atomic mass is 9.90. The van der Waals surface area contributed by atoms with Crippen molar-refractivity contribution in [3.63, 3.8) is 0 Å². The van der Waals surface area contributed by atoms with Crippen molar-refractivity contribution in [2.24, 2.45) is 0 Å². The minimum absolute atomic E-state index is 0.686. The summed E-state index contributed by atoms with van der Waals surface area (Å²) in [7, 11) is 0. The molecule has 23 heavy (non-hydrogen) atoms. The molecule has 0 unspecified atom stereocenters. The van der Waals surface area contributed by atoms with Crippen molar-refractivity contribution >= 4 is 22.7 Å². The zero-order valence-corrected chi connectivity index (χ0v) is 14.2. The van der Waals surface area contributed by atoms with Crippen LogP contribution in [-0.2, 0) is 0 Å². The van der Waals surface area contributed by atoms with Gasteiger partial charge in [-0.25, -0.2) is 0 Å². The Morgan fingerprint density at radius 3 is 2.57 bits per heavy atom. The van der Waals surface area contributed by atoms with E-state index in [2.05, 4.69) is 65.8 Å². The van der Waals surface area contributed by atoms with Crippen LogP contribution in [0.15, 0.2) is 58.3 Å². The van der Waals surface area contributed by atoms with E-state index in [0.717, 1.165) is 13.1 Å². The SMILES string of the molecule is Cc1[nH]c2ccccc2c1Sc1ccccc1C1CCNCC1. The van der Waals surface area contributed by atoms with Crippen molar-refractivity contribution in [2.75, 3.05) is 13.1 Å². The van der Waals surface area contributed by atoms with Gasteiger partial charge in [-0.2, -0.15) is 0 Å². The molecule has 0 bridgehead atoms. The lowest BCUT2D eigenvalue weighted by Gasteiger charge is -2.25. The summed E-state index contributed by atoms with van der Waals surface area (Å²) in [5, 5.41) is 4.80. The van der Waals surface area contributed by atoms with Gasteiger partial charge in [-0.3, -0.25) is 0 Å². The summed E-state index contributed by atoms with van der Waals surface area (Å²) in [4.78, 5) is 6.29. The summed E-state index contributed by atoms with van der Waals surface area (Å²) in [5.74, 6) is 0.686. The first kappa shape index (κ1) is 14.9. The molecule has 1 aromatic heterocycles. The molecular formula is C20H22N2S. The van der Waals surface area contributed by atoms with Gasteiger partial charge in [0.1, 0.15) is 0 Å². The van der Waals surface area contributed by atoms with E-state index < -0.39 is 0 Å². The lowest BCUT2D eigenvalue weighted by molar-refractivity contribution is 0.456. The Balaban J connectivity index is 1.72. The van der Waals surface area contributed by atoms with E-state index in [1.165, 1.54) is 44.8 Å². The third kappa shape index (κ3) is 2.91.